The number of hydrogen-bond donors (Lipinski definition) is 1. The van der Waals surface area contributed by atoms with Gasteiger partial charge in [-0.1, -0.05) is 148 Å². The lowest BCUT2D eigenvalue weighted by molar-refractivity contribution is 0.0968. The van der Waals surface area contributed by atoms with Gasteiger partial charge in [0.05, 0.1) is 11.8 Å². The summed E-state index contributed by atoms with van der Waals surface area (Å²) in [5.74, 6) is 2.16. The first-order valence-corrected chi connectivity index (χ1v) is 17.5. The molecule has 3 nitrogen and oxygen atoms in total. The number of fused-ring (bicyclic) bond motifs is 3. The lowest BCUT2D eigenvalue weighted by Crippen LogP contribution is -2.22. The van der Waals surface area contributed by atoms with Gasteiger partial charge in [-0.2, -0.15) is 0 Å². The SMILES string of the molecule is C#CN=C1CCC(C)c2ccccc21.C#CNC1CCC(C)c2ccccc21.CC.CC.CC.C[C@@H]1CCC(=O)c2ccccc21. The Kier molecular flexibility index (Phi) is 19.5. The van der Waals surface area contributed by atoms with Gasteiger partial charge in [0, 0.05) is 29.6 Å². The fourth-order valence-corrected chi connectivity index (χ4v) is 6.10. The van der Waals surface area contributed by atoms with Gasteiger partial charge in [0.2, 0.25) is 0 Å². The number of carbonyl (C=O) groups is 1. The Hall–Kier alpha value is -4.08. The number of benzene rings is 3. The quantitative estimate of drug-likeness (QED) is 0.218. The van der Waals surface area contributed by atoms with Crippen LogP contribution in [0.3, 0.4) is 0 Å². The Morgan fingerprint density at radius 1 is 0.609 bits per heavy atom. The molecule has 3 heteroatoms. The Morgan fingerprint density at radius 3 is 1.61 bits per heavy atom. The molecular formula is C43H58N2O. The number of terminal acetylenes is 2. The predicted octanol–water partition coefficient (Wildman–Crippen LogP) is 11.6. The van der Waals surface area contributed by atoms with Crippen LogP contribution in [0.4, 0.5) is 0 Å². The van der Waals surface area contributed by atoms with E-state index in [0.29, 0.717) is 29.6 Å². The Bertz CT molecular complexity index is 1440. The maximum Gasteiger partial charge on any atom is 0.163 e. The highest BCUT2D eigenvalue weighted by atomic mass is 16.1. The zero-order valence-corrected chi connectivity index (χ0v) is 30.0. The third-order valence-corrected chi connectivity index (χ3v) is 8.46. The number of nitrogens with one attached hydrogen (secondary N) is 1. The molecule has 0 fully saturated rings. The Morgan fingerprint density at radius 2 is 1.07 bits per heavy atom. The first-order valence-electron chi connectivity index (χ1n) is 17.5. The lowest BCUT2D eigenvalue weighted by Gasteiger charge is -2.29. The van der Waals surface area contributed by atoms with Crippen LogP contribution in [0.15, 0.2) is 77.8 Å². The summed E-state index contributed by atoms with van der Waals surface area (Å²) in [6, 6.07) is 30.2. The minimum Gasteiger partial charge on any atom is -0.339 e. The maximum atomic E-state index is 11.4. The van der Waals surface area contributed by atoms with Crippen LogP contribution in [0.25, 0.3) is 0 Å². The lowest BCUT2D eigenvalue weighted by atomic mass is 9.81. The van der Waals surface area contributed by atoms with Crippen molar-refractivity contribution in [1.82, 2.24) is 5.32 Å². The summed E-state index contributed by atoms with van der Waals surface area (Å²) in [7, 11) is 0. The molecule has 0 radical (unpaired) electrons. The van der Waals surface area contributed by atoms with Crippen molar-refractivity contribution in [2.75, 3.05) is 0 Å². The number of hydrogen-bond acceptors (Lipinski definition) is 3. The molecule has 46 heavy (non-hydrogen) atoms. The van der Waals surface area contributed by atoms with Gasteiger partial charge in [0.25, 0.3) is 0 Å². The van der Waals surface area contributed by atoms with Gasteiger partial charge in [0.1, 0.15) is 0 Å². The first-order chi connectivity index (χ1) is 22.4. The number of Topliss-reactive ketones (excluding diaryl/α,β-unsaturated/α-hetero) is 1. The summed E-state index contributed by atoms with van der Waals surface area (Å²) in [5.41, 5.74) is 8.69. The van der Waals surface area contributed by atoms with Gasteiger partial charge in [-0.25, -0.2) is 4.99 Å². The van der Waals surface area contributed by atoms with Crippen molar-refractivity contribution in [1.29, 1.82) is 0 Å². The molecule has 0 saturated carbocycles. The normalized spacial score (nSPS) is 20.7. The highest BCUT2D eigenvalue weighted by Crippen LogP contribution is 2.37. The monoisotopic (exact) mass is 618 g/mol. The highest BCUT2D eigenvalue weighted by Gasteiger charge is 2.24. The largest absolute Gasteiger partial charge is 0.339 e. The average molecular weight is 619 g/mol. The van der Waals surface area contributed by atoms with E-state index < -0.39 is 0 Å². The summed E-state index contributed by atoms with van der Waals surface area (Å²) in [6.07, 6.45) is 16.7. The molecule has 1 N–H and O–H groups in total. The van der Waals surface area contributed by atoms with E-state index >= 15 is 0 Å². The van der Waals surface area contributed by atoms with Gasteiger partial charge >= 0.3 is 0 Å². The van der Waals surface area contributed by atoms with E-state index in [-0.39, 0.29) is 0 Å². The summed E-state index contributed by atoms with van der Waals surface area (Å²) in [6.45, 7) is 18.7. The summed E-state index contributed by atoms with van der Waals surface area (Å²) in [4.78, 5) is 15.5. The molecule has 0 aromatic heterocycles. The molecule has 0 bridgehead atoms. The fourth-order valence-electron chi connectivity index (χ4n) is 6.10. The molecular weight excluding hydrogens is 560 g/mol. The molecule has 3 unspecified atom stereocenters. The molecule has 246 valence electrons. The van der Waals surface area contributed by atoms with Gasteiger partial charge in [-0.15, -0.1) is 0 Å². The fraction of sp³-hybridized carbons (Fsp3) is 0.442. The number of aliphatic imine (C=N–C) groups is 1. The summed E-state index contributed by atoms with van der Waals surface area (Å²) in [5, 5.41) is 3.09. The van der Waals surface area contributed by atoms with Crippen LogP contribution >= 0.6 is 0 Å². The van der Waals surface area contributed by atoms with Crippen LogP contribution in [-0.2, 0) is 0 Å². The van der Waals surface area contributed by atoms with E-state index in [4.69, 9.17) is 12.8 Å². The summed E-state index contributed by atoms with van der Waals surface area (Å²) < 4.78 is 0. The Labute approximate surface area is 281 Å². The molecule has 0 heterocycles. The van der Waals surface area contributed by atoms with E-state index in [1.54, 1.807) is 0 Å². The summed E-state index contributed by atoms with van der Waals surface area (Å²) >= 11 is 0. The second kappa shape index (κ2) is 22.4. The van der Waals surface area contributed by atoms with E-state index in [2.05, 4.69) is 91.7 Å². The standard InChI is InChI=1S/C13H15N.C13H13N.C11H12O.3C2H6/c2*1-3-14-13-9-8-10(2)11-6-4-5-7-12(11)13;1-8-6-7-11(12)10-5-3-2-4-9(8)10;3*1-2/h1,4-7,10,13-14H,8-9H2,2H3;1,4-7,10H,8-9H2,2H3;2-5,8H,6-7H2,1H3;3*1-2H3/t;;8-;;;/m..1.../s1. The van der Waals surface area contributed by atoms with E-state index in [1.165, 1.54) is 34.2 Å². The van der Waals surface area contributed by atoms with Crippen LogP contribution in [0.5, 0.6) is 0 Å². The second-order valence-corrected chi connectivity index (χ2v) is 11.1. The van der Waals surface area contributed by atoms with Crippen LogP contribution < -0.4 is 5.32 Å². The molecule has 3 aromatic rings. The van der Waals surface area contributed by atoms with Gasteiger partial charge in [-0.3, -0.25) is 4.79 Å². The number of rotatable bonds is 1. The zero-order valence-electron chi connectivity index (χ0n) is 30.0. The average Bonchev–Trinajstić information content (AvgIpc) is 3.13. The smallest absolute Gasteiger partial charge is 0.163 e. The van der Waals surface area contributed by atoms with Crippen LogP contribution in [0.2, 0.25) is 0 Å². The highest BCUT2D eigenvalue weighted by molar-refractivity contribution is 6.03. The molecule has 0 amide bonds. The van der Waals surface area contributed by atoms with Crippen LogP contribution in [0.1, 0.15) is 163 Å². The maximum absolute atomic E-state index is 11.4. The third kappa shape index (κ3) is 11.1. The van der Waals surface area contributed by atoms with Crippen molar-refractivity contribution in [2.45, 2.75) is 125 Å². The van der Waals surface area contributed by atoms with E-state index in [9.17, 15) is 4.79 Å². The van der Waals surface area contributed by atoms with Crippen LogP contribution in [-0.4, -0.2) is 11.5 Å². The molecule has 0 aliphatic heterocycles. The molecule has 0 spiro atoms. The molecule has 3 aliphatic carbocycles. The number of ketones is 1. The van der Waals surface area contributed by atoms with E-state index in [0.717, 1.165) is 43.4 Å². The predicted molar refractivity (Wildman–Crippen MR) is 201 cm³/mol. The van der Waals surface area contributed by atoms with E-state index in [1.807, 2.05) is 65.8 Å². The third-order valence-electron chi connectivity index (χ3n) is 8.46. The first kappa shape index (κ1) is 39.9. The zero-order chi connectivity index (χ0) is 34.5. The molecule has 3 aliphatic rings. The number of nitrogens with zero attached hydrogens (tertiary/aromatic N) is 1. The Balaban J connectivity index is 0.000000319. The minimum atomic E-state index is 0.309. The van der Waals surface area contributed by atoms with Crippen LogP contribution in [0, 0.1) is 24.9 Å². The topological polar surface area (TPSA) is 41.5 Å². The molecule has 3 aromatic carbocycles. The van der Waals surface area contributed by atoms with Gasteiger partial charge in [0.15, 0.2) is 5.78 Å². The van der Waals surface area contributed by atoms with Crippen molar-refractivity contribution in [3.05, 3.63) is 106 Å². The van der Waals surface area contributed by atoms with Gasteiger partial charge in [-0.05, 0) is 72.1 Å². The van der Waals surface area contributed by atoms with Crippen molar-refractivity contribution < 1.29 is 4.79 Å². The van der Waals surface area contributed by atoms with Crippen molar-refractivity contribution in [2.24, 2.45) is 4.99 Å². The second-order valence-electron chi connectivity index (χ2n) is 11.1. The van der Waals surface area contributed by atoms with Crippen molar-refractivity contribution in [3.63, 3.8) is 0 Å². The molecule has 6 rings (SSSR count). The molecule has 0 saturated heterocycles. The molecule has 4 atom stereocenters. The number of carbonyl (C=O) groups excluding carboxylic acids is 1. The van der Waals surface area contributed by atoms with Crippen molar-refractivity contribution in [3.8, 4) is 24.9 Å². The minimum absolute atomic E-state index is 0.309. The van der Waals surface area contributed by atoms with Gasteiger partial charge < -0.3 is 5.32 Å². The van der Waals surface area contributed by atoms with Crippen molar-refractivity contribution >= 4 is 11.5 Å².